The van der Waals surface area contributed by atoms with Crippen molar-refractivity contribution in [2.45, 2.75) is 13.0 Å². The first-order chi connectivity index (χ1) is 12.0. The standard InChI is InChI=1S/C20H24N2O3/c1-15(2)13-25-17-9-7-8-16(12-17)20(23)22(3)19(14-24-4)18-10-5-6-11-21-18/h5-12,19H,1,13-14H2,2-4H3/t19-/m0/s1. The number of pyridine rings is 1. The molecule has 1 heterocycles. The number of rotatable bonds is 8. The van der Waals surface area contributed by atoms with E-state index in [1.165, 1.54) is 0 Å². The van der Waals surface area contributed by atoms with Crippen LogP contribution in [0.25, 0.3) is 0 Å². The minimum Gasteiger partial charge on any atom is -0.489 e. The lowest BCUT2D eigenvalue weighted by molar-refractivity contribution is 0.0594. The molecule has 0 N–H and O–H groups in total. The van der Waals surface area contributed by atoms with Gasteiger partial charge in [0.2, 0.25) is 0 Å². The molecule has 0 radical (unpaired) electrons. The van der Waals surface area contributed by atoms with Gasteiger partial charge in [0.05, 0.1) is 18.3 Å². The van der Waals surface area contributed by atoms with Crippen molar-refractivity contribution < 1.29 is 14.3 Å². The fourth-order valence-electron chi connectivity index (χ4n) is 2.40. The third-order valence-corrected chi connectivity index (χ3v) is 3.71. The summed E-state index contributed by atoms with van der Waals surface area (Å²) in [5, 5.41) is 0. The quantitative estimate of drug-likeness (QED) is 0.690. The number of carbonyl (C=O) groups excluding carboxylic acids is 1. The Morgan fingerprint density at radius 2 is 2.08 bits per heavy atom. The number of hydrogen-bond acceptors (Lipinski definition) is 4. The van der Waals surface area contributed by atoms with Crippen LogP contribution in [0.15, 0.2) is 60.8 Å². The maximum Gasteiger partial charge on any atom is 0.254 e. The summed E-state index contributed by atoms with van der Waals surface area (Å²) < 4.78 is 10.9. The van der Waals surface area contributed by atoms with E-state index < -0.39 is 0 Å². The molecule has 0 aliphatic rings. The second-order valence-corrected chi connectivity index (χ2v) is 5.92. The van der Waals surface area contributed by atoms with Crippen LogP contribution in [0.5, 0.6) is 5.75 Å². The van der Waals surface area contributed by atoms with Crippen LogP contribution in [0.2, 0.25) is 0 Å². The van der Waals surface area contributed by atoms with E-state index in [0.717, 1.165) is 11.3 Å². The van der Waals surface area contributed by atoms with E-state index in [-0.39, 0.29) is 11.9 Å². The van der Waals surface area contributed by atoms with Crippen molar-refractivity contribution in [3.8, 4) is 5.75 Å². The van der Waals surface area contributed by atoms with Crippen LogP contribution in [0, 0.1) is 0 Å². The van der Waals surface area contributed by atoms with Crippen molar-refractivity contribution in [2.75, 3.05) is 27.4 Å². The monoisotopic (exact) mass is 340 g/mol. The Hall–Kier alpha value is -2.66. The lowest BCUT2D eigenvalue weighted by Crippen LogP contribution is -2.34. The smallest absolute Gasteiger partial charge is 0.254 e. The van der Waals surface area contributed by atoms with E-state index in [1.807, 2.05) is 31.2 Å². The Labute approximate surface area is 148 Å². The molecule has 25 heavy (non-hydrogen) atoms. The van der Waals surface area contributed by atoms with E-state index in [1.54, 1.807) is 43.5 Å². The molecule has 0 unspecified atom stereocenters. The lowest BCUT2D eigenvalue weighted by atomic mass is 10.1. The lowest BCUT2D eigenvalue weighted by Gasteiger charge is -2.27. The summed E-state index contributed by atoms with van der Waals surface area (Å²) in [7, 11) is 3.36. The molecule has 5 heteroatoms. The maximum absolute atomic E-state index is 12.9. The molecule has 0 aliphatic carbocycles. The van der Waals surface area contributed by atoms with Gasteiger partial charge in [0.25, 0.3) is 5.91 Å². The molecule has 1 aromatic heterocycles. The van der Waals surface area contributed by atoms with Crippen LogP contribution in [0.1, 0.15) is 29.0 Å². The second-order valence-electron chi connectivity index (χ2n) is 5.92. The van der Waals surface area contributed by atoms with Gasteiger partial charge < -0.3 is 14.4 Å². The number of methoxy groups -OCH3 is 1. The van der Waals surface area contributed by atoms with Crippen LogP contribution >= 0.6 is 0 Å². The number of benzene rings is 1. The van der Waals surface area contributed by atoms with Crippen LogP contribution in [0.3, 0.4) is 0 Å². The molecule has 0 fully saturated rings. The van der Waals surface area contributed by atoms with Gasteiger partial charge in [0.15, 0.2) is 0 Å². The van der Waals surface area contributed by atoms with Gasteiger partial charge in [0.1, 0.15) is 12.4 Å². The molecule has 0 saturated heterocycles. The normalized spacial score (nSPS) is 11.6. The van der Waals surface area contributed by atoms with Gasteiger partial charge in [-0.2, -0.15) is 0 Å². The molecular formula is C20H24N2O3. The van der Waals surface area contributed by atoms with Gasteiger partial charge >= 0.3 is 0 Å². The van der Waals surface area contributed by atoms with Crippen molar-refractivity contribution >= 4 is 5.91 Å². The first kappa shape index (κ1) is 18.7. The van der Waals surface area contributed by atoms with Crippen molar-refractivity contribution in [1.82, 2.24) is 9.88 Å². The third-order valence-electron chi connectivity index (χ3n) is 3.71. The number of likely N-dealkylation sites (N-methyl/N-ethyl adjacent to an activating group) is 1. The van der Waals surface area contributed by atoms with Crippen LogP contribution < -0.4 is 4.74 Å². The molecule has 0 aliphatic heterocycles. The van der Waals surface area contributed by atoms with Crippen molar-refractivity contribution in [2.24, 2.45) is 0 Å². The van der Waals surface area contributed by atoms with Gasteiger partial charge in [-0.05, 0) is 42.8 Å². The van der Waals surface area contributed by atoms with Crippen molar-refractivity contribution in [3.05, 3.63) is 72.1 Å². The Morgan fingerprint density at radius 1 is 1.28 bits per heavy atom. The van der Waals surface area contributed by atoms with E-state index >= 15 is 0 Å². The highest BCUT2D eigenvalue weighted by atomic mass is 16.5. The number of hydrogen-bond donors (Lipinski definition) is 0. The highest BCUT2D eigenvalue weighted by molar-refractivity contribution is 5.94. The molecular weight excluding hydrogens is 316 g/mol. The predicted octanol–water partition coefficient (Wildman–Crippen LogP) is 3.50. The summed E-state index contributed by atoms with van der Waals surface area (Å²) in [5.74, 6) is 0.525. The molecule has 2 aromatic rings. The van der Waals surface area contributed by atoms with Crippen LogP contribution in [-0.2, 0) is 4.74 Å². The average molecular weight is 340 g/mol. The zero-order chi connectivity index (χ0) is 18.2. The van der Waals surface area contributed by atoms with E-state index in [4.69, 9.17) is 9.47 Å². The molecule has 2 rings (SSSR count). The fourth-order valence-corrected chi connectivity index (χ4v) is 2.40. The van der Waals surface area contributed by atoms with E-state index in [0.29, 0.717) is 24.5 Å². The van der Waals surface area contributed by atoms with Crippen LogP contribution in [0.4, 0.5) is 0 Å². The summed E-state index contributed by atoms with van der Waals surface area (Å²) in [6.07, 6.45) is 1.71. The summed E-state index contributed by atoms with van der Waals surface area (Å²) in [5.41, 5.74) is 2.26. The number of nitrogens with zero attached hydrogens (tertiary/aromatic N) is 2. The minimum absolute atomic E-state index is 0.117. The molecule has 5 nitrogen and oxygen atoms in total. The molecule has 0 bridgehead atoms. The highest BCUT2D eigenvalue weighted by Crippen LogP contribution is 2.22. The van der Waals surface area contributed by atoms with Gasteiger partial charge in [-0.3, -0.25) is 9.78 Å². The second kappa shape index (κ2) is 8.99. The zero-order valence-electron chi connectivity index (χ0n) is 14.9. The first-order valence-corrected chi connectivity index (χ1v) is 8.07. The van der Waals surface area contributed by atoms with Gasteiger partial charge in [-0.15, -0.1) is 0 Å². The molecule has 1 aromatic carbocycles. The molecule has 0 saturated carbocycles. The topological polar surface area (TPSA) is 51.7 Å². The predicted molar refractivity (Wildman–Crippen MR) is 97.7 cm³/mol. The summed E-state index contributed by atoms with van der Waals surface area (Å²) >= 11 is 0. The minimum atomic E-state index is -0.265. The largest absolute Gasteiger partial charge is 0.489 e. The summed E-state index contributed by atoms with van der Waals surface area (Å²) in [4.78, 5) is 18.9. The zero-order valence-corrected chi connectivity index (χ0v) is 14.9. The molecule has 0 spiro atoms. The van der Waals surface area contributed by atoms with E-state index in [2.05, 4.69) is 11.6 Å². The Kier molecular flexibility index (Phi) is 6.71. The SMILES string of the molecule is C=C(C)COc1cccc(C(=O)N(C)[C@@H](COC)c2ccccn2)c1. The third kappa shape index (κ3) is 5.16. The van der Waals surface area contributed by atoms with Crippen LogP contribution in [-0.4, -0.2) is 43.2 Å². The summed E-state index contributed by atoms with van der Waals surface area (Å²) in [6.45, 7) is 6.50. The maximum atomic E-state index is 12.9. The van der Waals surface area contributed by atoms with Crippen molar-refractivity contribution in [3.63, 3.8) is 0 Å². The number of amides is 1. The number of aromatic nitrogens is 1. The molecule has 1 atom stereocenters. The Morgan fingerprint density at radius 3 is 2.72 bits per heavy atom. The molecule has 1 amide bonds. The average Bonchev–Trinajstić information content (AvgIpc) is 2.64. The summed E-state index contributed by atoms with van der Waals surface area (Å²) in [6, 6.07) is 12.5. The fraction of sp³-hybridized carbons (Fsp3) is 0.300. The van der Waals surface area contributed by atoms with Crippen molar-refractivity contribution in [1.29, 1.82) is 0 Å². The Bertz CT molecular complexity index is 716. The highest BCUT2D eigenvalue weighted by Gasteiger charge is 2.24. The van der Waals surface area contributed by atoms with Gasteiger partial charge in [-0.25, -0.2) is 0 Å². The van der Waals surface area contributed by atoms with Gasteiger partial charge in [-0.1, -0.05) is 18.7 Å². The van der Waals surface area contributed by atoms with Gasteiger partial charge in [0, 0.05) is 25.9 Å². The Balaban J connectivity index is 2.19. The number of carbonyl (C=O) groups is 1. The van der Waals surface area contributed by atoms with E-state index in [9.17, 15) is 4.79 Å². The number of ether oxygens (including phenoxy) is 2. The molecule has 132 valence electrons. The first-order valence-electron chi connectivity index (χ1n) is 8.07.